The summed E-state index contributed by atoms with van der Waals surface area (Å²) in [7, 11) is 1.57. The van der Waals surface area contributed by atoms with Gasteiger partial charge in [0.25, 0.3) is 0 Å². The average Bonchev–Trinajstić information content (AvgIpc) is 3.12. The largest absolute Gasteiger partial charge is 0.497 e. The van der Waals surface area contributed by atoms with Crippen molar-refractivity contribution in [1.29, 1.82) is 5.26 Å². The number of rotatable bonds is 4. The molecule has 0 aliphatic rings. The van der Waals surface area contributed by atoms with Gasteiger partial charge in [-0.2, -0.15) is 5.26 Å². The van der Waals surface area contributed by atoms with Gasteiger partial charge in [0.15, 0.2) is 0 Å². The molecule has 0 unspecified atom stereocenters. The van der Waals surface area contributed by atoms with E-state index in [1.807, 2.05) is 6.07 Å². The summed E-state index contributed by atoms with van der Waals surface area (Å²) in [5.74, 6) is 0.225. The number of benzene rings is 2. The molecule has 24 heavy (non-hydrogen) atoms. The lowest BCUT2D eigenvalue weighted by atomic mass is 10.2. The highest BCUT2D eigenvalue weighted by Gasteiger charge is 2.16. The maximum absolute atomic E-state index is 12.1. The number of anilines is 1. The Bertz CT molecular complexity index is 910. The van der Waals surface area contributed by atoms with E-state index < -0.39 is 5.91 Å². The number of nitrogens with zero attached hydrogens (tertiary/aromatic N) is 3. The highest BCUT2D eigenvalue weighted by atomic mass is 16.5. The third-order valence-corrected chi connectivity index (χ3v) is 3.21. The highest BCUT2D eigenvalue weighted by molar-refractivity contribution is 6.01. The van der Waals surface area contributed by atoms with Crippen molar-refractivity contribution in [2.45, 2.75) is 0 Å². The molecule has 0 aliphatic heterocycles. The number of carbonyl (C=O) groups is 1. The van der Waals surface area contributed by atoms with Crippen molar-refractivity contribution in [1.82, 2.24) is 10.2 Å². The van der Waals surface area contributed by atoms with Gasteiger partial charge < -0.3 is 14.5 Å². The number of aromatic nitrogens is 2. The molecule has 3 aromatic rings. The minimum absolute atomic E-state index is 0.164. The van der Waals surface area contributed by atoms with Crippen LogP contribution in [-0.2, 0) is 0 Å². The zero-order valence-electron chi connectivity index (χ0n) is 12.7. The maximum atomic E-state index is 12.1. The van der Waals surface area contributed by atoms with Crippen LogP contribution in [0, 0.1) is 11.3 Å². The minimum Gasteiger partial charge on any atom is -0.497 e. The highest BCUT2D eigenvalue weighted by Crippen LogP contribution is 2.21. The van der Waals surface area contributed by atoms with Crippen molar-refractivity contribution in [3.8, 4) is 23.3 Å². The Kier molecular flexibility index (Phi) is 4.21. The van der Waals surface area contributed by atoms with Crippen molar-refractivity contribution in [2.75, 3.05) is 12.4 Å². The molecule has 0 bridgehead atoms. The molecule has 1 N–H and O–H groups in total. The Morgan fingerprint density at radius 3 is 2.71 bits per heavy atom. The van der Waals surface area contributed by atoms with Gasteiger partial charge in [0.1, 0.15) is 5.75 Å². The summed E-state index contributed by atoms with van der Waals surface area (Å²) in [6.45, 7) is 0. The van der Waals surface area contributed by atoms with Crippen molar-refractivity contribution in [3.05, 3.63) is 60.0 Å². The predicted molar refractivity (Wildman–Crippen MR) is 85.4 cm³/mol. The van der Waals surface area contributed by atoms with Crippen LogP contribution < -0.4 is 10.1 Å². The molecule has 2 aromatic carbocycles. The Labute approximate surface area is 137 Å². The summed E-state index contributed by atoms with van der Waals surface area (Å²) in [5, 5.41) is 19.1. The molecular formula is C17H12N4O3. The topological polar surface area (TPSA) is 101 Å². The van der Waals surface area contributed by atoms with Gasteiger partial charge in [0.05, 0.1) is 18.7 Å². The van der Waals surface area contributed by atoms with E-state index in [0.717, 1.165) is 0 Å². The summed E-state index contributed by atoms with van der Waals surface area (Å²) in [6, 6.07) is 15.6. The summed E-state index contributed by atoms with van der Waals surface area (Å²) in [5.41, 5.74) is 1.59. The van der Waals surface area contributed by atoms with Crippen LogP contribution in [0.2, 0.25) is 0 Å². The predicted octanol–water partition coefficient (Wildman–Crippen LogP) is 2.87. The smallest absolute Gasteiger partial charge is 0.313 e. The lowest BCUT2D eigenvalue weighted by molar-refractivity contribution is 0.0991. The van der Waals surface area contributed by atoms with Crippen molar-refractivity contribution >= 4 is 11.6 Å². The van der Waals surface area contributed by atoms with E-state index in [2.05, 4.69) is 15.5 Å². The van der Waals surface area contributed by atoms with Crippen LogP contribution >= 0.6 is 0 Å². The first-order valence-corrected chi connectivity index (χ1v) is 6.99. The van der Waals surface area contributed by atoms with E-state index in [9.17, 15) is 4.79 Å². The third kappa shape index (κ3) is 3.23. The summed E-state index contributed by atoms with van der Waals surface area (Å²) >= 11 is 0. The van der Waals surface area contributed by atoms with Gasteiger partial charge in [-0.25, -0.2) is 0 Å². The normalized spacial score (nSPS) is 10.0. The van der Waals surface area contributed by atoms with Crippen molar-refractivity contribution in [3.63, 3.8) is 0 Å². The molecule has 1 aromatic heterocycles. The van der Waals surface area contributed by atoms with Crippen LogP contribution in [-0.4, -0.2) is 23.2 Å². The Hall–Kier alpha value is -3.66. The van der Waals surface area contributed by atoms with Crippen LogP contribution in [0.25, 0.3) is 11.5 Å². The summed E-state index contributed by atoms with van der Waals surface area (Å²) in [6.07, 6.45) is 0. The van der Waals surface area contributed by atoms with Gasteiger partial charge in [-0.05, 0) is 42.5 Å². The second-order valence-electron chi connectivity index (χ2n) is 4.79. The Morgan fingerprint density at radius 2 is 2.00 bits per heavy atom. The number of amides is 1. The van der Waals surface area contributed by atoms with E-state index in [-0.39, 0.29) is 11.8 Å². The van der Waals surface area contributed by atoms with Gasteiger partial charge >= 0.3 is 11.8 Å². The number of ether oxygens (including phenoxy) is 1. The molecule has 0 radical (unpaired) electrons. The molecule has 118 valence electrons. The van der Waals surface area contributed by atoms with Gasteiger partial charge in [-0.1, -0.05) is 6.07 Å². The second kappa shape index (κ2) is 6.62. The van der Waals surface area contributed by atoms with Gasteiger partial charge in [-0.15, -0.1) is 10.2 Å². The first-order chi connectivity index (χ1) is 11.7. The quantitative estimate of drug-likeness (QED) is 0.793. The zero-order chi connectivity index (χ0) is 16.9. The van der Waals surface area contributed by atoms with Crippen LogP contribution in [0.3, 0.4) is 0 Å². The van der Waals surface area contributed by atoms with Gasteiger partial charge in [0, 0.05) is 11.3 Å². The number of carbonyl (C=O) groups excluding carboxylic acids is 1. The van der Waals surface area contributed by atoms with Gasteiger partial charge in [0.2, 0.25) is 5.89 Å². The van der Waals surface area contributed by atoms with Crippen LogP contribution in [0.1, 0.15) is 16.2 Å². The fourth-order valence-electron chi connectivity index (χ4n) is 2.02. The fraction of sp³-hybridized carbons (Fsp3) is 0.0588. The van der Waals surface area contributed by atoms with E-state index in [4.69, 9.17) is 14.4 Å². The first kappa shape index (κ1) is 15.2. The van der Waals surface area contributed by atoms with E-state index >= 15 is 0 Å². The maximum Gasteiger partial charge on any atom is 0.313 e. The van der Waals surface area contributed by atoms with Crippen molar-refractivity contribution in [2.24, 2.45) is 0 Å². The molecule has 7 nitrogen and oxygen atoms in total. The molecule has 0 saturated carbocycles. The second-order valence-corrected chi connectivity index (χ2v) is 4.79. The lowest BCUT2D eigenvalue weighted by Crippen LogP contribution is -2.12. The zero-order valence-corrected chi connectivity index (χ0v) is 12.7. The molecule has 7 heteroatoms. The molecule has 0 aliphatic carbocycles. The van der Waals surface area contributed by atoms with E-state index in [0.29, 0.717) is 22.6 Å². The molecular weight excluding hydrogens is 308 g/mol. The van der Waals surface area contributed by atoms with Crippen LogP contribution in [0.4, 0.5) is 5.69 Å². The average molecular weight is 320 g/mol. The summed E-state index contributed by atoms with van der Waals surface area (Å²) in [4.78, 5) is 12.1. The van der Waals surface area contributed by atoms with E-state index in [1.165, 1.54) is 0 Å². The van der Waals surface area contributed by atoms with Crippen LogP contribution in [0.15, 0.2) is 52.9 Å². The fourth-order valence-corrected chi connectivity index (χ4v) is 2.02. The molecule has 1 amide bonds. The SMILES string of the molecule is COc1ccc(-c2nnc(C(=O)Nc3cccc(C#N)c3)o2)cc1. The third-order valence-electron chi connectivity index (χ3n) is 3.21. The molecule has 3 rings (SSSR count). The first-order valence-electron chi connectivity index (χ1n) is 6.99. The minimum atomic E-state index is -0.544. The number of hydrogen-bond donors (Lipinski definition) is 1. The number of hydrogen-bond acceptors (Lipinski definition) is 6. The van der Waals surface area contributed by atoms with Gasteiger partial charge in [-0.3, -0.25) is 4.79 Å². The number of nitrogens with one attached hydrogen (secondary N) is 1. The molecule has 0 saturated heterocycles. The Morgan fingerprint density at radius 1 is 1.21 bits per heavy atom. The molecule has 0 atom stereocenters. The molecule has 0 fully saturated rings. The van der Waals surface area contributed by atoms with Crippen LogP contribution in [0.5, 0.6) is 5.75 Å². The monoisotopic (exact) mass is 320 g/mol. The molecule has 0 spiro atoms. The summed E-state index contributed by atoms with van der Waals surface area (Å²) < 4.78 is 10.5. The number of methoxy groups -OCH3 is 1. The lowest BCUT2D eigenvalue weighted by Gasteiger charge is -2.02. The van der Waals surface area contributed by atoms with Crippen molar-refractivity contribution < 1.29 is 13.9 Å². The Balaban J connectivity index is 1.76. The standard InChI is InChI=1S/C17H12N4O3/c1-23-14-7-5-12(6-8-14)16-20-21-17(24-16)15(22)19-13-4-2-3-11(9-13)10-18/h2-9H,1H3,(H,19,22). The molecule has 1 heterocycles. The number of nitriles is 1. The van der Waals surface area contributed by atoms with E-state index in [1.54, 1.807) is 55.6 Å².